The van der Waals surface area contributed by atoms with E-state index in [2.05, 4.69) is 15.3 Å². The highest BCUT2D eigenvalue weighted by molar-refractivity contribution is 6.00. The first kappa shape index (κ1) is 29.6. The molecule has 32 heavy (non-hydrogen) atoms. The first-order valence-electron chi connectivity index (χ1n) is 9.98. The van der Waals surface area contributed by atoms with Crippen molar-refractivity contribution < 1.29 is 14.0 Å². The predicted octanol–water partition coefficient (Wildman–Crippen LogP) is 2.73. The van der Waals surface area contributed by atoms with E-state index < -0.39 is 17.9 Å². The Kier molecular flexibility index (Phi) is 11.7. The van der Waals surface area contributed by atoms with E-state index in [1.165, 1.54) is 11.1 Å². The standard InChI is InChI=1S/C21H32N6O3.2ClH/c1-13(2)12-27(16(9-22)17(23)28)19(29)15-11-25-20(21(3,4)5)26-18(15)24-10-14-7-6-8-30-14;;/h6-8,11,13,16H,9-10,12,22H2,1-5H3,(H2,23,28)(H,24,25,26);2*1H/t16-;;/m0../s1. The summed E-state index contributed by atoms with van der Waals surface area (Å²) in [6, 6.07) is 2.69. The highest BCUT2D eigenvalue weighted by Gasteiger charge is 2.31. The van der Waals surface area contributed by atoms with Crippen LogP contribution >= 0.6 is 24.8 Å². The number of nitrogens with two attached hydrogens (primary N) is 2. The maximum atomic E-state index is 13.4. The molecule has 0 radical (unpaired) electrons. The molecule has 0 aliphatic heterocycles. The van der Waals surface area contributed by atoms with Gasteiger partial charge in [0.15, 0.2) is 0 Å². The molecule has 2 aromatic rings. The van der Waals surface area contributed by atoms with Gasteiger partial charge in [-0.2, -0.15) is 0 Å². The van der Waals surface area contributed by atoms with E-state index in [1.807, 2.05) is 40.7 Å². The van der Waals surface area contributed by atoms with Gasteiger partial charge in [0.25, 0.3) is 5.91 Å². The van der Waals surface area contributed by atoms with Gasteiger partial charge in [0.1, 0.15) is 29.0 Å². The van der Waals surface area contributed by atoms with Crippen LogP contribution in [0.15, 0.2) is 29.0 Å². The Labute approximate surface area is 201 Å². The van der Waals surface area contributed by atoms with Gasteiger partial charge >= 0.3 is 0 Å². The second kappa shape index (κ2) is 12.6. The number of primary amides is 1. The summed E-state index contributed by atoms with van der Waals surface area (Å²) in [7, 11) is 0. The molecule has 11 heteroatoms. The Morgan fingerprint density at radius 3 is 2.38 bits per heavy atom. The van der Waals surface area contributed by atoms with Crippen LogP contribution in [0.1, 0.15) is 56.6 Å². The number of nitrogens with one attached hydrogen (secondary N) is 1. The first-order valence-corrected chi connectivity index (χ1v) is 9.98. The monoisotopic (exact) mass is 488 g/mol. The number of furan rings is 1. The third kappa shape index (κ3) is 7.65. The third-order valence-corrected chi connectivity index (χ3v) is 4.45. The van der Waals surface area contributed by atoms with Gasteiger partial charge in [-0.25, -0.2) is 9.97 Å². The summed E-state index contributed by atoms with van der Waals surface area (Å²) in [6.07, 6.45) is 3.06. The molecule has 0 unspecified atom stereocenters. The molecule has 180 valence electrons. The molecule has 1 atom stereocenters. The molecule has 0 aliphatic rings. The highest BCUT2D eigenvalue weighted by Crippen LogP contribution is 2.24. The molecule has 2 heterocycles. The van der Waals surface area contributed by atoms with Gasteiger partial charge < -0.3 is 26.1 Å². The molecular weight excluding hydrogens is 455 g/mol. The van der Waals surface area contributed by atoms with Crippen molar-refractivity contribution in [3.63, 3.8) is 0 Å². The molecule has 2 amide bonds. The minimum absolute atomic E-state index is 0. The van der Waals surface area contributed by atoms with E-state index in [4.69, 9.17) is 15.9 Å². The molecule has 0 aromatic carbocycles. The maximum absolute atomic E-state index is 13.4. The van der Waals surface area contributed by atoms with Gasteiger partial charge in [-0.1, -0.05) is 34.6 Å². The van der Waals surface area contributed by atoms with Crippen molar-refractivity contribution in [3.05, 3.63) is 41.7 Å². The lowest BCUT2D eigenvalue weighted by molar-refractivity contribution is -0.122. The molecule has 0 saturated carbocycles. The van der Waals surface area contributed by atoms with Crippen molar-refractivity contribution >= 4 is 42.4 Å². The van der Waals surface area contributed by atoms with Gasteiger partial charge in [-0.15, -0.1) is 24.8 Å². The van der Waals surface area contributed by atoms with Crippen LogP contribution in [0.3, 0.4) is 0 Å². The van der Waals surface area contributed by atoms with Gasteiger partial charge in [-0.3, -0.25) is 9.59 Å². The lowest BCUT2D eigenvalue weighted by atomic mass is 9.95. The lowest BCUT2D eigenvalue weighted by Crippen LogP contribution is -2.53. The Morgan fingerprint density at radius 2 is 1.91 bits per heavy atom. The highest BCUT2D eigenvalue weighted by atomic mass is 35.5. The van der Waals surface area contributed by atoms with Crippen LogP contribution in [0.4, 0.5) is 5.82 Å². The minimum Gasteiger partial charge on any atom is -0.467 e. The Hall–Kier alpha value is -2.36. The molecule has 2 aromatic heterocycles. The van der Waals surface area contributed by atoms with E-state index in [1.54, 1.807) is 12.3 Å². The normalized spacial score (nSPS) is 11.8. The fourth-order valence-electron chi connectivity index (χ4n) is 2.92. The predicted molar refractivity (Wildman–Crippen MR) is 129 cm³/mol. The number of nitrogens with zero attached hydrogens (tertiary/aromatic N) is 3. The lowest BCUT2D eigenvalue weighted by Gasteiger charge is -2.31. The smallest absolute Gasteiger partial charge is 0.259 e. The second-order valence-electron chi connectivity index (χ2n) is 8.64. The van der Waals surface area contributed by atoms with Crippen LogP contribution in [0.5, 0.6) is 0 Å². The van der Waals surface area contributed by atoms with Crippen molar-refractivity contribution in [2.24, 2.45) is 17.4 Å². The van der Waals surface area contributed by atoms with E-state index in [-0.39, 0.29) is 48.3 Å². The van der Waals surface area contributed by atoms with Gasteiger partial charge in [0, 0.05) is 24.7 Å². The van der Waals surface area contributed by atoms with E-state index in [0.717, 1.165) is 0 Å². The third-order valence-electron chi connectivity index (χ3n) is 4.45. The number of amides is 2. The number of hydrogen-bond acceptors (Lipinski definition) is 7. The zero-order valence-corrected chi connectivity index (χ0v) is 20.8. The summed E-state index contributed by atoms with van der Waals surface area (Å²) in [5.41, 5.74) is 11.2. The number of aromatic nitrogens is 2. The van der Waals surface area contributed by atoms with Gasteiger partial charge in [0.2, 0.25) is 5.91 Å². The van der Waals surface area contributed by atoms with Crippen LogP contribution < -0.4 is 16.8 Å². The number of hydrogen-bond donors (Lipinski definition) is 3. The van der Waals surface area contributed by atoms with Gasteiger partial charge in [-0.05, 0) is 18.1 Å². The summed E-state index contributed by atoms with van der Waals surface area (Å²) < 4.78 is 5.36. The summed E-state index contributed by atoms with van der Waals surface area (Å²) in [4.78, 5) is 35.8. The Morgan fingerprint density at radius 1 is 1.25 bits per heavy atom. The van der Waals surface area contributed by atoms with Crippen LogP contribution in [0, 0.1) is 5.92 Å². The van der Waals surface area contributed by atoms with Crippen molar-refractivity contribution in [2.45, 2.75) is 52.6 Å². The number of carbonyl (C=O) groups excluding carboxylic acids is 2. The van der Waals surface area contributed by atoms with Crippen molar-refractivity contribution in [2.75, 3.05) is 18.4 Å². The molecule has 9 nitrogen and oxygen atoms in total. The molecule has 0 bridgehead atoms. The number of rotatable bonds is 9. The maximum Gasteiger partial charge on any atom is 0.259 e. The summed E-state index contributed by atoms with van der Waals surface area (Å²) >= 11 is 0. The summed E-state index contributed by atoms with van der Waals surface area (Å²) in [5.74, 6) is 0.702. The molecule has 0 fully saturated rings. The minimum atomic E-state index is -0.917. The largest absolute Gasteiger partial charge is 0.467 e. The van der Waals surface area contributed by atoms with Crippen LogP contribution in [-0.4, -0.2) is 45.8 Å². The SMILES string of the molecule is CC(C)CN(C(=O)c1cnc(C(C)(C)C)nc1NCc1ccco1)[C@@H](CN)C(N)=O.Cl.Cl. The fourth-order valence-corrected chi connectivity index (χ4v) is 2.92. The summed E-state index contributed by atoms with van der Waals surface area (Å²) in [6.45, 7) is 10.5. The number of anilines is 1. The van der Waals surface area contributed by atoms with E-state index >= 15 is 0 Å². The molecule has 0 spiro atoms. The van der Waals surface area contributed by atoms with Crippen LogP contribution in [-0.2, 0) is 16.8 Å². The molecule has 0 saturated heterocycles. The second-order valence-corrected chi connectivity index (χ2v) is 8.64. The van der Waals surface area contributed by atoms with Crippen molar-refractivity contribution in [3.8, 4) is 0 Å². The number of carbonyl (C=O) groups is 2. The average molecular weight is 489 g/mol. The topological polar surface area (TPSA) is 140 Å². The molecule has 5 N–H and O–H groups in total. The van der Waals surface area contributed by atoms with Crippen molar-refractivity contribution in [1.29, 1.82) is 0 Å². The summed E-state index contributed by atoms with van der Waals surface area (Å²) in [5, 5.41) is 3.16. The van der Waals surface area contributed by atoms with E-state index in [9.17, 15) is 9.59 Å². The molecular formula is C21H34Cl2N6O3. The first-order chi connectivity index (χ1) is 14.0. The zero-order valence-electron chi connectivity index (χ0n) is 19.1. The Balaban J connectivity index is 0.00000480. The van der Waals surface area contributed by atoms with Gasteiger partial charge in [0.05, 0.1) is 12.8 Å². The quantitative estimate of drug-likeness (QED) is 0.492. The molecule has 0 aliphatic carbocycles. The zero-order chi connectivity index (χ0) is 22.5. The van der Waals surface area contributed by atoms with E-state index in [0.29, 0.717) is 30.5 Å². The van der Waals surface area contributed by atoms with Crippen LogP contribution in [0.2, 0.25) is 0 Å². The average Bonchev–Trinajstić information content (AvgIpc) is 3.17. The van der Waals surface area contributed by atoms with Crippen molar-refractivity contribution in [1.82, 2.24) is 14.9 Å². The molecule has 2 rings (SSSR count). The van der Waals surface area contributed by atoms with Crippen LogP contribution in [0.25, 0.3) is 0 Å². The number of halogens is 2. The fraction of sp³-hybridized carbons (Fsp3) is 0.524. The Bertz CT molecular complexity index is 869.